The van der Waals surface area contributed by atoms with E-state index in [1.54, 1.807) is 19.2 Å². The Hall–Kier alpha value is -1.10. The fourth-order valence-corrected chi connectivity index (χ4v) is 1.75. The normalized spacial score (nSPS) is 12.8. The highest BCUT2D eigenvalue weighted by Gasteiger charge is 2.14. The highest BCUT2D eigenvalue weighted by Crippen LogP contribution is 2.30. The molecule has 1 atom stereocenters. The molecule has 0 amide bonds. The Morgan fingerprint density at radius 2 is 1.69 bits per heavy atom. The zero-order valence-corrected chi connectivity index (χ0v) is 9.60. The van der Waals surface area contributed by atoms with E-state index >= 15 is 0 Å². The molecular formula is C12H18O4. The van der Waals surface area contributed by atoms with E-state index in [1.165, 1.54) is 0 Å². The molecule has 0 heterocycles. The predicted octanol–water partition coefficient (Wildman–Crippen LogP) is 1.47. The summed E-state index contributed by atoms with van der Waals surface area (Å²) in [6.45, 7) is 1.47. The van der Waals surface area contributed by atoms with Crippen molar-refractivity contribution in [2.24, 2.45) is 0 Å². The number of aliphatic hydroxyl groups excluding tert-OH is 2. The van der Waals surface area contributed by atoms with E-state index < -0.39 is 0 Å². The summed E-state index contributed by atoms with van der Waals surface area (Å²) < 4.78 is 5.28. The van der Waals surface area contributed by atoms with E-state index in [2.05, 4.69) is 0 Å². The van der Waals surface area contributed by atoms with Crippen LogP contribution in [0.4, 0.5) is 0 Å². The molecule has 1 aromatic carbocycles. The number of aliphatic hydroxyl groups is 2. The van der Waals surface area contributed by atoms with Crippen molar-refractivity contribution < 1.29 is 20.1 Å². The van der Waals surface area contributed by atoms with Crippen LogP contribution >= 0.6 is 0 Å². The van der Waals surface area contributed by atoms with Crippen LogP contribution in [0, 0.1) is 0 Å². The quantitative estimate of drug-likeness (QED) is 0.711. The molecule has 0 radical (unpaired) electrons. The monoisotopic (exact) mass is 226 g/mol. The molecule has 0 aliphatic heterocycles. The van der Waals surface area contributed by atoms with Crippen LogP contribution in [0.25, 0.3) is 0 Å². The molecule has 3 N–H and O–H groups in total. The third-order valence-corrected chi connectivity index (χ3v) is 2.66. The van der Waals surface area contributed by atoms with E-state index in [0.717, 1.165) is 12.0 Å². The van der Waals surface area contributed by atoms with Crippen molar-refractivity contribution in [3.63, 3.8) is 0 Å². The fraction of sp³-hybridized carbons (Fsp3) is 0.500. The second-order valence-corrected chi connectivity index (χ2v) is 3.64. The maximum atomic E-state index is 9.68. The first-order chi connectivity index (χ1) is 7.67. The lowest BCUT2D eigenvalue weighted by molar-refractivity contribution is 0.0996. The lowest BCUT2D eigenvalue weighted by Gasteiger charge is -2.17. The lowest BCUT2D eigenvalue weighted by atomic mass is 9.99. The van der Waals surface area contributed by atoms with Gasteiger partial charge in [0.2, 0.25) is 0 Å². The Balaban J connectivity index is 3.20. The Morgan fingerprint density at radius 1 is 1.19 bits per heavy atom. The molecule has 0 saturated carbocycles. The van der Waals surface area contributed by atoms with Crippen molar-refractivity contribution >= 4 is 0 Å². The molecule has 0 spiro atoms. The smallest absolute Gasteiger partial charge is 0.126 e. The molecule has 0 aliphatic rings. The summed E-state index contributed by atoms with van der Waals surface area (Å²) in [6, 6.07) is 3.40. The number of ether oxygens (including phenoxy) is 1. The standard InChI is InChI=1S/C12H18O4/c1-3-11(16-2)8-4-9(6-13)12(15)10(5-8)7-14/h4-5,11,13-15H,3,6-7H2,1-2H3. The topological polar surface area (TPSA) is 69.9 Å². The minimum atomic E-state index is -0.257. The average Bonchev–Trinajstić information content (AvgIpc) is 2.32. The van der Waals surface area contributed by atoms with Crippen LogP contribution in [0.3, 0.4) is 0 Å². The summed E-state index contributed by atoms with van der Waals surface area (Å²) in [4.78, 5) is 0. The molecule has 90 valence electrons. The minimum absolute atomic E-state index is 0.0419. The molecule has 0 fully saturated rings. The second kappa shape index (κ2) is 5.84. The number of hydrogen-bond donors (Lipinski definition) is 3. The van der Waals surface area contributed by atoms with Gasteiger partial charge in [0, 0.05) is 18.2 Å². The van der Waals surface area contributed by atoms with Gasteiger partial charge in [-0.1, -0.05) is 6.92 Å². The Kier molecular flexibility index (Phi) is 4.73. The van der Waals surface area contributed by atoms with Gasteiger partial charge in [-0.3, -0.25) is 0 Å². The largest absolute Gasteiger partial charge is 0.507 e. The van der Waals surface area contributed by atoms with Gasteiger partial charge in [0.1, 0.15) is 5.75 Å². The van der Waals surface area contributed by atoms with Gasteiger partial charge < -0.3 is 20.1 Å². The highest BCUT2D eigenvalue weighted by molar-refractivity contribution is 5.43. The van der Waals surface area contributed by atoms with Crippen LogP contribution in [0.15, 0.2) is 12.1 Å². The van der Waals surface area contributed by atoms with Crippen molar-refractivity contribution in [3.8, 4) is 5.75 Å². The molecule has 1 unspecified atom stereocenters. The van der Waals surface area contributed by atoms with Gasteiger partial charge in [0.25, 0.3) is 0 Å². The van der Waals surface area contributed by atoms with Gasteiger partial charge in [-0.2, -0.15) is 0 Å². The van der Waals surface area contributed by atoms with E-state index in [0.29, 0.717) is 11.1 Å². The first-order valence-corrected chi connectivity index (χ1v) is 5.27. The van der Waals surface area contributed by atoms with Gasteiger partial charge in [0.05, 0.1) is 19.3 Å². The lowest BCUT2D eigenvalue weighted by Crippen LogP contribution is -2.03. The van der Waals surface area contributed by atoms with Gasteiger partial charge in [-0.25, -0.2) is 0 Å². The number of methoxy groups -OCH3 is 1. The van der Waals surface area contributed by atoms with E-state index in [9.17, 15) is 5.11 Å². The van der Waals surface area contributed by atoms with Crippen LogP contribution in [0.5, 0.6) is 5.75 Å². The SMILES string of the molecule is CCC(OC)c1cc(CO)c(O)c(CO)c1. The fourth-order valence-electron chi connectivity index (χ4n) is 1.75. The van der Waals surface area contributed by atoms with Gasteiger partial charge in [-0.15, -0.1) is 0 Å². The number of aromatic hydroxyl groups is 1. The molecule has 0 aliphatic carbocycles. The van der Waals surface area contributed by atoms with Gasteiger partial charge in [0.15, 0.2) is 0 Å². The summed E-state index contributed by atoms with van der Waals surface area (Å²) in [7, 11) is 1.61. The Labute approximate surface area is 95.1 Å². The van der Waals surface area contributed by atoms with Crippen LogP contribution in [0.2, 0.25) is 0 Å². The molecule has 16 heavy (non-hydrogen) atoms. The van der Waals surface area contributed by atoms with E-state index in [-0.39, 0.29) is 25.1 Å². The zero-order chi connectivity index (χ0) is 12.1. The summed E-state index contributed by atoms with van der Waals surface area (Å²) in [5.74, 6) is -0.0419. The van der Waals surface area contributed by atoms with Crippen molar-refractivity contribution in [3.05, 3.63) is 28.8 Å². The van der Waals surface area contributed by atoms with Crippen LogP contribution in [-0.2, 0) is 18.0 Å². The molecule has 0 aromatic heterocycles. The molecule has 0 bridgehead atoms. The molecule has 1 rings (SSSR count). The van der Waals surface area contributed by atoms with Gasteiger partial charge in [-0.05, 0) is 24.1 Å². The van der Waals surface area contributed by atoms with Crippen molar-refractivity contribution in [2.75, 3.05) is 7.11 Å². The molecule has 4 nitrogen and oxygen atoms in total. The Morgan fingerprint density at radius 3 is 2.00 bits per heavy atom. The highest BCUT2D eigenvalue weighted by atomic mass is 16.5. The van der Waals surface area contributed by atoms with Crippen molar-refractivity contribution in [2.45, 2.75) is 32.7 Å². The predicted molar refractivity (Wildman–Crippen MR) is 60.0 cm³/mol. The zero-order valence-electron chi connectivity index (χ0n) is 9.60. The van der Waals surface area contributed by atoms with E-state index in [4.69, 9.17) is 14.9 Å². The van der Waals surface area contributed by atoms with Crippen LogP contribution < -0.4 is 0 Å². The summed E-state index contributed by atoms with van der Waals surface area (Å²) in [5.41, 5.74) is 1.69. The third-order valence-electron chi connectivity index (χ3n) is 2.66. The van der Waals surface area contributed by atoms with Crippen LogP contribution in [-0.4, -0.2) is 22.4 Å². The first-order valence-electron chi connectivity index (χ1n) is 5.27. The number of rotatable bonds is 5. The first kappa shape index (κ1) is 13.0. The Bertz CT molecular complexity index is 320. The summed E-state index contributed by atoms with van der Waals surface area (Å²) >= 11 is 0. The van der Waals surface area contributed by atoms with Crippen molar-refractivity contribution in [1.29, 1.82) is 0 Å². The average molecular weight is 226 g/mol. The second-order valence-electron chi connectivity index (χ2n) is 3.64. The van der Waals surface area contributed by atoms with Crippen LogP contribution in [0.1, 0.15) is 36.1 Å². The number of phenols is 1. The van der Waals surface area contributed by atoms with Crippen molar-refractivity contribution in [1.82, 2.24) is 0 Å². The van der Waals surface area contributed by atoms with Gasteiger partial charge >= 0.3 is 0 Å². The minimum Gasteiger partial charge on any atom is -0.507 e. The third kappa shape index (κ3) is 2.52. The molecular weight excluding hydrogens is 208 g/mol. The maximum Gasteiger partial charge on any atom is 0.126 e. The summed E-state index contributed by atoms with van der Waals surface area (Å²) in [5, 5.41) is 27.9. The number of benzene rings is 1. The molecule has 0 saturated heterocycles. The van der Waals surface area contributed by atoms with E-state index in [1.807, 2.05) is 6.92 Å². The molecule has 1 aromatic rings. The summed E-state index contributed by atoms with van der Waals surface area (Å²) in [6.07, 6.45) is 0.702. The molecule has 4 heteroatoms. The number of hydrogen-bond acceptors (Lipinski definition) is 4. The maximum absolute atomic E-state index is 9.68.